The third-order valence-electron chi connectivity index (χ3n) is 2.92. The van der Waals surface area contributed by atoms with Crippen LogP contribution in [0.4, 0.5) is 0 Å². The fourth-order valence-electron chi connectivity index (χ4n) is 1.86. The van der Waals surface area contributed by atoms with Gasteiger partial charge in [-0.1, -0.05) is 12.1 Å². The first-order valence-electron chi connectivity index (χ1n) is 6.16. The third-order valence-corrected chi connectivity index (χ3v) is 2.92. The molecule has 0 amide bonds. The second kappa shape index (κ2) is 6.61. The predicted molar refractivity (Wildman–Crippen MR) is 75.7 cm³/mol. The van der Waals surface area contributed by atoms with Gasteiger partial charge < -0.3 is 14.2 Å². The lowest BCUT2D eigenvalue weighted by Crippen LogP contribution is -2.04. The van der Waals surface area contributed by atoms with Crippen LogP contribution in [0.5, 0.6) is 17.2 Å². The fourth-order valence-corrected chi connectivity index (χ4v) is 1.86. The number of carbonyl (C=O) groups is 1. The number of methoxy groups -OCH3 is 2. The Labute approximate surface area is 117 Å². The van der Waals surface area contributed by atoms with Gasteiger partial charge in [-0.25, -0.2) is 0 Å². The Kier molecular flexibility index (Phi) is 4.60. The largest absolute Gasteiger partial charge is 0.496 e. The molecule has 0 saturated heterocycles. The van der Waals surface area contributed by atoms with E-state index in [1.165, 1.54) is 0 Å². The summed E-state index contributed by atoms with van der Waals surface area (Å²) in [7, 11) is 3.22. The minimum atomic E-state index is 0.588. The van der Waals surface area contributed by atoms with Crippen LogP contribution in [0.3, 0.4) is 0 Å². The minimum absolute atomic E-state index is 0.588. The van der Waals surface area contributed by atoms with Crippen LogP contribution >= 0.6 is 0 Å². The van der Waals surface area contributed by atoms with Gasteiger partial charge in [-0.3, -0.25) is 4.79 Å². The molecular weight excluding hydrogens is 256 g/mol. The standard InChI is InChI=1S/2C8H8O2/c1-9-8-4-7-3-2-6(8)5-10-7;1-10-8-5-3-2-4-7(8)6-9/h2-4H,5H2,1H3;2-6H,1H3. The summed E-state index contributed by atoms with van der Waals surface area (Å²) >= 11 is 0. The molecule has 2 aromatic rings. The molecule has 20 heavy (non-hydrogen) atoms. The number of ether oxygens (including phenoxy) is 3. The van der Waals surface area contributed by atoms with Crippen molar-refractivity contribution in [2.75, 3.05) is 14.2 Å². The second-order valence-corrected chi connectivity index (χ2v) is 4.12. The summed E-state index contributed by atoms with van der Waals surface area (Å²) in [6.45, 7) is 0.658. The zero-order valence-corrected chi connectivity index (χ0v) is 11.5. The van der Waals surface area contributed by atoms with E-state index in [9.17, 15) is 4.79 Å². The summed E-state index contributed by atoms with van der Waals surface area (Å²) in [5, 5.41) is 0. The van der Waals surface area contributed by atoms with Crippen molar-refractivity contribution in [3.63, 3.8) is 0 Å². The van der Waals surface area contributed by atoms with Crippen LogP contribution in [0, 0.1) is 0 Å². The van der Waals surface area contributed by atoms with Crippen LogP contribution in [-0.2, 0) is 6.61 Å². The molecule has 4 nitrogen and oxygen atoms in total. The maximum Gasteiger partial charge on any atom is 0.153 e. The van der Waals surface area contributed by atoms with Crippen molar-refractivity contribution in [3.8, 4) is 17.2 Å². The van der Waals surface area contributed by atoms with Gasteiger partial charge in [0.05, 0.1) is 19.8 Å². The molecule has 0 aliphatic carbocycles. The van der Waals surface area contributed by atoms with Crippen LogP contribution < -0.4 is 14.2 Å². The van der Waals surface area contributed by atoms with Gasteiger partial charge in [0, 0.05) is 11.6 Å². The molecular formula is C16H16O4. The van der Waals surface area contributed by atoms with Crippen LogP contribution in [0.2, 0.25) is 0 Å². The van der Waals surface area contributed by atoms with Crippen molar-refractivity contribution < 1.29 is 19.0 Å². The Morgan fingerprint density at radius 1 is 1.05 bits per heavy atom. The summed E-state index contributed by atoms with van der Waals surface area (Å²) < 4.78 is 15.2. The lowest BCUT2D eigenvalue weighted by Gasteiger charge is -2.17. The van der Waals surface area contributed by atoms with Gasteiger partial charge >= 0.3 is 0 Å². The Bertz CT molecular complexity index is 593. The van der Waals surface area contributed by atoms with Gasteiger partial charge in [0.2, 0.25) is 0 Å². The van der Waals surface area contributed by atoms with Crippen LogP contribution in [0.15, 0.2) is 42.5 Å². The van der Waals surface area contributed by atoms with Gasteiger partial charge in [-0.15, -0.1) is 0 Å². The average molecular weight is 272 g/mol. The summed E-state index contributed by atoms with van der Waals surface area (Å²) in [6.07, 6.45) is 0.777. The lowest BCUT2D eigenvalue weighted by atomic mass is 10.1. The maximum atomic E-state index is 10.3. The average Bonchev–Trinajstić information content (AvgIpc) is 2.56. The van der Waals surface area contributed by atoms with Crippen LogP contribution in [0.1, 0.15) is 15.9 Å². The van der Waals surface area contributed by atoms with Gasteiger partial charge in [0.15, 0.2) is 6.29 Å². The number of rotatable bonds is 3. The zero-order valence-electron chi connectivity index (χ0n) is 11.5. The van der Waals surface area contributed by atoms with Crippen molar-refractivity contribution in [2.45, 2.75) is 6.61 Å². The Balaban J connectivity index is 0.000000147. The number of hydrogen-bond acceptors (Lipinski definition) is 4. The Morgan fingerprint density at radius 2 is 1.80 bits per heavy atom. The quantitative estimate of drug-likeness (QED) is 0.805. The summed E-state index contributed by atoms with van der Waals surface area (Å²) in [4.78, 5) is 10.3. The molecule has 2 aliphatic heterocycles. The molecule has 104 valence electrons. The number of carbonyl (C=O) groups excluding carboxylic acids is 1. The molecule has 0 atom stereocenters. The lowest BCUT2D eigenvalue weighted by molar-refractivity contribution is 0.112. The van der Waals surface area contributed by atoms with Gasteiger partial charge in [-0.05, 0) is 24.3 Å². The zero-order chi connectivity index (χ0) is 14.4. The highest BCUT2D eigenvalue weighted by Crippen LogP contribution is 2.30. The topological polar surface area (TPSA) is 44.8 Å². The molecule has 4 rings (SSSR count). The number of aldehydes is 1. The van der Waals surface area contributed by atoms with Crippen LogP contribution in [-0.4, -0.2) is 20.5 Å². The molecule has 2 aliphatic rings. The first-order chi connectivity index (χ1) is 9.78. The van der Waals surface area contributed by atoms with E-state index in [-0.39, 0.29) is 0 Å². The Morgan fingerprint density at radius 3 is 2.20 bits per heavy atom. The molecule has 2 heterocycles. The van der Waals surface area contributed by atoms with Crippen molar-refractivity contribution >= 4 is 6.29 Å². The van der Waals surface area contributed by atoms with Crippen molar-refractivity contribution in [3.05, 3.63) is 53.6 Å². The molecule has 0 spiro atoms. The first kappa shape index (κ1) is 13.9. The van der Waals surface area contributed by atoms with E-state index in [0.29, 0.717) is 17.9 Å². The van der Waals surface area contributed by atoms with E-state index >= 15 is 0 Å². The van der Waals surface area contributed by atoms with E-state index in [0.717, 1.165) is 23.3 Å². The number of fused-ring (bicyclic) bond motifs is 3. The Hall–Kier alpha value is -2.49. The highest BCUT2D eigenvalue weighted by Gasteiger charge is 2.11. The highest BCUT2D eigenvalue weighted by atomic mass is 16.5. The van der Waals surface area contributed by atoms with E-state index in [1.807, 2.05) is 24.3 Å². The monoisotopic (exact) mass is 272 g/mol. The van der Waals surface area contributed by atoms with E-state index in [4.69, 9.17) is 14.2 Å². The number of para-hydroxylation sites is 1. The normalized spacial score (nSPS) is 10.9. The van der Waals surface area contributed by atoms with Crippen molar-refractivity contribution in [2.24, 2.45) is 0 Å². The fraction of sp³-hybridized carbons (Fsp3) is 0.188. The molecule has 2 aromatic carbocycles. The van der Waals surface area contributed by atoms with Crippen molar-refractivity contribution in [1.29, 1.82) is 0 Å². The molecule has 0 saturated carbocycles. The van der Waals surface area contributed by atoms with Gasteiger partial charge in [0.25, 0.3) is 0 Å². The van der Waals surface area contributed by atoms with Gasteiger partial charge in [-0.2, -0.15) is 0 Å². The summed E-state index contributed by atoms with van der Waals surface area (Å²) in [6, 6.07) is 13.0. The first-order valence-corrected chi connectivity index (χ1v) is 6.16. The van der Waals surface area contributed by atoms with Crippen LogP contribution in [0.25, 0.3) is 0 Å². The molecule has 0 aromatic heterocycles. The molecule has 0 N–H and O–H groups in total. The molecule has 4 heteroatoms. The maximum absolute atomic E-state index is 10.3. The predicted octanol–water partition coefficient (Wildman–Crippen LogP) is 3.10. The highest BCUT2D eigenvalue weighted by molar-refractivity contribution is 5.79. The number of benzene rings is 2. The summed E-state index contributed by atoms with van der Waals surface area (Å²) in [5.74, 6) is 2.45. The van der Waals surface area contributed by atoms with E-state index in [2.05, 4.69) is 0 Å². The molecule has 0 unspecified atom stereocenters. The SMILES string of the molecule is COc1cc2ccc1CO2.COc1ccccc1C=O. The molecule has 2 bridgehead atoms. The minimum Gasteiger partial charge on any atom is -0.496 e. The molecule has 0 fully saturated rings. The smallest absolute Gasteiger partial charge is 0.153 e. The van der Waals surface area contributed by atoms with E-state index < -0.39 is 0 Å². The molecule has 0 radical (unpaired) electrons. The third kappa shape index (κ3) is 3.09. The van der Waals surface area contributed by atoms with Crippen molar-refractivity contribution in [1.82, 2.24) is 0 Å². The second-order valence-electron chi connectivity index (χ2n) is 4.12. The van der Waals surface area contributed by atoms with Gasteiger partial charge in [0.1, 0.15) is 23.9 Å². The summed E-state index contributed by atoms with van der Waals surface area (Å²) in [5.41, 5.74) is 1.71. The van der Waals surface area contributed by atoms with E-state index in [1.54, 1.807) is 32.4 Å². The number of hydrogen-bond donors (Lipinski definition) is 0.